The second-order valence-corrected chi connectivity index (χ2v) is 5.90. The zero-order valence-electron chi connectivity index (χ0n) is 15.3. The van der Waals surface area contributed by atoms with E-state index in [-0.39, 0.29) is 29.9 Å². The molecule has 10 heteroatoms. The van der Waals surface area contributed by atoms with Crippen LogP contribution in [0, 0.1) is 6.92 Å². The minimum Gasteiger partial charge on any atom is -0.356 e. The van der Waals surface area contributed by atoms with Crippen LogP contribution >= 0.6 is 24.0 Å². The summed E-state index contributed by atoms with van der Waals surface area (Å²) in [5, 5.41) is 9.94. The maximum Gasteiger partial charge on any atom is 0.416 e. The third-order valence-electron chi connectivity index (χ3n) is 3.86. The van der Waals surface area contributed by atoms with Crippen molar-refractivity contribution in [1.29, 1.82) is 0 Å². The van der Waals surface area contributed by atoms with Gasteiger partial charge in [-0.05, 0) is 24.0 Å². The van der Waals surface area contributed by atoms with Crippen LogP contribution in [-0.4, -0.2) is 29.7 Å². The van der Waals surface area contributed by atoms with Crippen LogP contribution in [0.5, 0.6) is 0 Å². The van der Waals surface area contributed by atoms with Crippen molar-refractivity contribution in [3.8, 4) is 0 Å². The fourth-order valence-electron chi connectivity index (χ4n) is 2.39. The van der Waals surface area contributed by atoms with Gasteiger partial charge in [0.1, 0.15) is 0 Å². The van der Waals surface area contributed by atoms with Gasteiger partial charge in [-0.1, -0.05) is 30.3 Å². The number of nitrogens with one attached hydrogen (secondary N) is 2. The topological polar surface area (TPSA) is 75.3 Å². The van der Waals surface area contributed by atoms with Gasteiger partial charge in [-0.15, -0.1) is 24.0 Å². The summed E-state index contributed by atoms with van der Waals surface area (Å²) in [5.74, 6) is 1.54. The van der Waals surface area contributed by atoms with E-state index < -0.39 is 11.7 Å². The van der Waals surface area contributed by atoms with Crippen molar-refractivity contribution in [1.82, 2.24) is 20.8 Å². The molecule has 0 amide bonds. The first kappa shape index (κ1) is 23.2. The fourth-order valence-corrected chi connectivity index (χ4v) is 2.39. The minimum absolute atomic E-state index is 0. The van der Waals surface area contributed by atoms with Crippen LogP contribution in [0.2, 0.25) is 0 Å². The average Bonchev–Trinajstić information content (AvgIpc) is 3.02. The molecule has 2 N–H and O–H groups in total. The lowest BCUT2D eigenvalue weighted by Crippen LogP contribution is -2.37. The first-order valence-electron chi connectivity index (χ1n) is 8.20. The van der Waals surface area contributed by atoms with Crippen molar-refractivity contribution in [2.45, 2.75) is 38.9 Å². The van der Waals surface area contributed by atoms with Crippen molar-refractivity contribution < 1.29 is 17.7 Å². The summed E-state index contributed by atoms with van der Waals surface area (Å²) in [4.78, 5) is 8.16. The Bertz CT molecular complexity index is 748. The van der Waals surface area contributed by atoms with Crippen molar-refractivity contribution >= 4 is 29.9 Å². The maximum absolute atomic E-state index is 12.8. The molecule has 0 aliphatic heterocycles. The smallest absolute Gasteiger partial charge is 0.356 e. The molecule has 0 saturated heterocycles. The number of aliphatic imine (C=N–C) groups is 1. The van der Waals surface area contributed by atoms with E-state index >= 15 is 0 Å². The van der Waals surface area contributed by atoms with Crippen LogP contribution in [0.15, 0.2) is 33.8 Å². The molecule has 27 heavy (non-hydrogen) atoms. The summed E-state index contributed by atoms with van der Waals surface area (Å²) in [5.41, 5.74) is 0.0366. The molecule has 150 valence electrons. The van der Waals surface area contributed by atoms with Gasteiger partial charge in [-0.3, -0.25) is 4.99 Å². The van der Waals surface area contributed by atoms with Gasteiger partial charge in [0.05, 0.1) is 12.1 Å². The molecule has 0 fully saturated rings. The summed E-state index contributed by atoms with van der Waals surface area (Å²) in [6.45, 7) is 4.52. The third kappa shape index (κ3) is 7.35. The lowest BCUT2D eigenvalue weighted by atomic mass is 9.96. The summed E-state index contributed by atoms with van der Waals surface area (Å²) in [6.07, 6.45) is -3.67. The van der Waals surface area contributed by atoms with E-state index in [1.165, 1.54) is 12.1 Å². The molecule has 2 aromatic rings. The molecule has 1 aromatic carbocycles. The van der Waals surface area contributed by atoms with Crippen LogP contribution in [0.25, 0.3) is 0 Å². The molecule has 1 unspecified atom stereocenters. The normalized spacial score (nSPS) is 13.0. The number of hydrogen-bond donors (Lipinski definition) is 2. The van der Waals surface area contributed by atoms with Crippen LogP contribution in [0.1, 0.15) is 42.1 Å². The quantitative estimate of drug-likeness (QED) is 0.360. The Morgan fingerprint density at radius 2 is 2.04 bits per heavy atom. The van der Waals surface area contributed by atoms with Gasteiger partial charge < -0.3 is 15.2 Å². The molecular weight excluding hydrogens is 474 g/mol. The average molecular weight is 497 g/mol. The van der Waals surface area contributed by atoms with Gasteiger partial charge in [0, 0.05) is 20.5 Å². The van der Waals surface area contributed by atoms with E-state index in [0.717, 1.165) is 6.07 Å². The van der Waals surface area contributed by atoms with Crippen molar-refractivity contribution in [3.05, 3.63) is 47.1 Å². The highest BCUT2D eigenvalue weighted by atomic mass is 127. The zero-order valence-corrected chi connectivity index (χ0v) is 17.6. The standard InChI is InChI=1S/C17H22F3N5O.HI/c1-11(13-5-4-6-14(9-13)17(18,19)20)7-8-22-16(21-3)23-10-15-24-12(2)26-25-15;/h4-6,9,11H,7-8,10H2,1-3H3,(H2,21,22,23);1H. The number of hydrogen-bond acceptors (Lipinski definition) is 4. The first-order valence-corrected chi connectivity index (χ1v) is 8.20. The van der Waals surface area contributed by atoms with Gasteiger partial charge in [0.25, 0.3) is 0 Å². The lowest BCUT2D eigenvalue weighted by Gasteiger charge is -2.16. The van der Waals surface area contributed by atoms with Gasteiger partial charge in [0.2, 0.25) is 5.89 Å². The van der Waals surface area contributed by atoms with Gasteiger partial charge in [0.15, 0.2) is 11.8 Å². The Balaban J connectivity index is 0.00000364. The molecule has 1 aromatic heterocycles. The monoisotopic (exact) mass is 497 g/mol. The number of alkyl halides is 3. The van der Waals surface area contributed by atoms with Gasteiger partial charge in [-0.2, -0.15) is 18.2 Å². The molecule has 1 atom stereocenters. The van der Waals surface area contributed by atoms with E-state index in [4.69, 9.17) is 4.52 Å². The second-order valence-electron chi connectivity index (χ2n) is 5.90. The van der Waals surface area contributed by atoms with E-state index in [1.54, 1.807) is 20.0 Å². The molecule has 0 spiro atoms. The minimum atomic E-state index is -4.33. The molecule has 0 bridgehead atoms. The van der Waals surface area contributed by atoms with Crippen molar-refractivity contribution in [3.63, 3.8) is 0 Å². The molecule has 0 radical (unpaired) electrons. The predicted molar refractivity (Wildman–Crippen MR) is 107 cm³/mol. The van der Waals surface area contributed by atoms with Crippen molar-refractivity contribution in [2.75, 3.05) is 13.6 Å². The lowest BCUT2D eigenvalue weighted by molar-refractivity contribution is -0.137. The number of aryl methyl sites for hydroxylation is 1. The van der Waals surface area contributed by atoms with E-state index in [2.05, 4.69) is 25.8 Å². The molecular formula is C17H23F3IN5O. The Labute approximate surface area is 173 Å². The third-order valence-corrected chi connectivity index (χ3v) is 3.86. The van der Waals surface area contributed by atoms with Crippen LogP contribution in [-0.2, 0) is 12.7 Å². The Kier molecular flexibility index (Phi) is 9.00. The molecule has 1 heterocycles. The summed E-state index contributed by atoms with van der Waals surface area (Å²) >= 11 is 0. The summed E-state index contributed by atoms with van der Waals surface area (Å²) in [6, 6.07) is 5.44. The van der Waals surface area contributed by atoms with E-state index in [0.29, 0.717) is 42.7 Å². The van der Waals surface area contributed by atoms with E-state index in [1.807, 2.05) is 6.92 Å². The van der Waals surface area contributed by atoms with Gasteiger partial charge >= 0.3 is 6.18 Å². The summed E-state index contributed by atoms with van der Waals surface area (Å²) in [7, 11) is 1.63. The number of aromatic nitrogens is 2. The molecule has 6 nitrogen and oxygen atoms in total. The highest BCUT2D eigenvalue weighted by molar-refractivity contribution is 14.0. The largest absolute Gasteiger partial charge is 0.416 e. The SMILES string of the molecule is CN=C(NCCC(C)c1cccc(C(F)(F)F)c1)NCc1noc(C)n1.I. The number of benzene rings is 1. The summed E-state index contributed by atoms with van der Waals surface area (Å²) < 4.78 is 43.3. The van der Waals surface area contributed by atoms with Crippen LogP contribution in [0.3, 0.4) is 0 Å². The maximum atomic E-state index is 12.8. The number of nitrogens with zero attached hydrogens (tertiary/aromatic N) is 3. The van der Waals surface area contributed by atoms with Gasteiger partial charge in [-0.25, -0.2) is 0 Å². The van der Waals surface area contributed by atoms with Crippen LogP contribution < -0.4 is 10.6 Å². The Morgan fingerprint density at radius 3 is 2.63 bits per heavy atom. The van der Waals surface area contributed by atoms with Crippen LogP contribution in [0.4, 0.5) is 13.2 Å². The van der Waals surface area contributed by atoms with Crippen molar-refractivity contribution in [2.24, 2.45) is 4.99 Å². The molecule has 2 rings (SSSR count). The van der Waals surface area contributed by atoms with E-state index in [9.17, 15) is 13.2 Å². The molecule has 0 saturated carbocycles. The molecule has 0 aliphatic carbocycles. The molecule has 0 aliphatic rings. The highest BCUT2D eigenvalue weighted by Gasteiger charge is 2.30. The Morgan fingerprint density at radius 1 is 1.30 bits per heavy atom. The number of guanidine groups is 1. The highest BCUT2D eigenvalue weighted by Crippen LogP contribution is 2.31. The first-order chi connectivity index (χ1) is 12.3. The zero-order chi connectivity index (χ0) is 19.2. The number of halogens is 4. The number of rotatable bonds is 6. The predicted octanol–water partition coefficient (Wildman–Crippen LogP) is 3.87. The second kappa shape index (κ2) is 10.5. The Hall–Kier alpha value is -1.85. The fraction of sp³-hybridized carbons (Fsp3) is 0.471.